The Morgan fingerprint density at radius 3 is 2.09 bits per heavy atom. The maximum atomic E-state index is 13.6. The molecule has 1 heterocycles. The number of nitrogens with one attached hydrogen (secondary N) is 2. The summed E-state index contributed by atoms with van der Waals surface area (Å²) in [7, 11) is 0. The van der Waals surface area contributed by atoms with E-state index in [0.717, 1.165) is 51.8 Å². The van der Waals surface area contributed by atoms with E-state index in [1.807, 2.05) is 0 Å². The molecule has 1 saturated heterocycles. The van der Waals surface area contributed by atoms with E-state index >= 15 is 0 Å². The predicted octanol–water partition coefficient (Wildman–Crippen LogP) is 5.61. The highest BCUT2D eigenvalue weighted by Crippen LogP contribution is 2.33. The first kappa shape index (κ1) is 27.8. The zero-order valence-corrected chi connectivity index (χ0v) is 21.3. The highest BCUT2D eigenvalue weighted by atomic mass is 19.2. The van der Waals surface area contributed by atoms with Crippen molar-refractivity contribution in [3.8, 4) is 0 Å². The zero-order valence-electron chi connectivity index (χ0n) is 21.3. The molecule has 0 aromatic rings. The Hall–Kier alpha value is -0.790. The molecule has 0 aromatic carbocycles. The Labute approximate surface area is 205 Å². The molecule has 0 amide bonds. The van der Waals surface area contributed by atoms with E-state index < -0.39 is 18.3 Å². The maximum Gasteiger partial charge on any atom is 0.309 e. The number of rotatable bonds is 13. The van der Waals surface area contributed by atoms with Crippen molar-refractivity contribution < 1.29 is 23.0 Å². The van der Waals surface area contributed by atoms with Gasteiger partial charge in [0.2, 0.25) is 0 Å². The van der Waals surface area contributed by atoms with Gasteiger partial charge in [-0.3, -0.25) is 15.4 Å². The average Bonchev–Trinajstić information content (AvgIpc) is 2.85. The van der Waals surface area contributed by atoms with Gasteiger partial charge in [0.25, 0.3) is 0 Å². The summed E-state index contributed by atoms with van der Waals surface area (Å²) in [6.07, 6.45) is 12.1. The van der Waals surface area contributed by atoms with E-state index in [9.17, 15) is 13.6 Å². The largest absolute Gasteiger partial charge is 0.462 e. The Kier molecular flexibility index (Phi) is 12.5. The van der Waals surface area contributed by atoms with Crippen LogP contribution in [-0.4, -0.2) is 56.4 Å². The van der Waals surface area contributed by atoms with Crippen LogP contribution in [-0.2, 0) is 14.3 Å². The van der Waals surface area contributed by atoms with Crippen LogP contribution in [0.3, 0.4) is 0 Å². The van der Waals surface area contributed by atoms with Gasteiger partial charge in [0, 0.05) is 19.7 Å². The second-order valence-corrected chi connectivity index (χ2v) is 10.8. The predicted molar refractivity (Wildman–Crippen MR) is 131 cm³/mol. The Bertz CT molecular complexity index is 566. The number of hydrogen-bond acceptors (Lipinski definition) is 5. The van der Waals surface area contributed by atoms with Crippen LogP contribution in [0.2, 0.25) is 0 Å². The van der Waals surface area contributed by atoms with Crippen LogP contribution in [0.4, 0.5) is 8.78 Å². The molecule has 7 heteroatoms. The molecule has 3 aliphatic rings. The number of halogens is 2. The molecule has 0 spiro atoms. The first-order valence-corrected chi connectivity index (χ1v) is 14.1. The fraction of sp³-hybridized carbons (Fsp3) is 0.963. The van der Waals surface area contributed by atoms with Crippen molar-refractivity contribution in [1.29, 1.82) is 0 Å². The molecule has 34 heavy (non-hydrogen) atoms. The molecule has 5 nitrogen and oxygen atoms in total. The zero-order chi connectivity index (χ0) is 24.2. The number of carbonyl (C=O) groups is 1. The smallest absolute Gasteiger partial charge is 0.309 e. The molecule has 2 saturated carbocycles. The van der Waals surface area contributed by atoms with Crippen LogP contribution in [0.15, 0.2) is 0 Å². The van der Waals surface area contributed by atoms with Crippen molar-refractivity contribution in [1.82, 2.24) is 10.6 Å². The summed E-state index contributed by atoms with van der Waals surface area (Å²) in [5.74, 6) is -0.298. The summed E-state index contributed by atoms with van der Waals surface area (Å²) in [5, 5.41) is 7.23. The van der Waals surface area contributed by atoms with Gasteiger partial charge in [-0.05, 0) is 57.3 Å². The van der Waals surface area contributed by atoms with Crippen molar-refractivity contribution >= 4 is 5.97 Å². The maximum absolute atomic E-state index is 13.6. The van der Waals surface area contributed by atoms with Crippen molar-refractivity contribution in [2.45, 2.75) is 134 Å². The van der Waals surface area contributed by atoms with E-state index in [4.69, 9.17) is 9.47 Å². The van der Waals surface area contributed by atoms with Gasteiger partial charge in [-0.1, -0.05) is 51.9 Å². The summed E-state index contributed by atoms with van der Waals surface area (Å²) in [6.45, 7) is 4.86. The summed E-state index contributed by atoms with van der Waals surface area (Å²) >= 11 is 0. The minimum atomic E-state index is -1.53. The van der Waals surface area contributed by atoms with E-state index in [1.54, 1.807) is 0 Å². The van der Waals surface area contributed by atoms with Crippen molar-refractivity contribution in [3.63, 3.8) is 0 Å². The van der Waals surface area contributed by atoms with Gasteiger partial charge in [0.15, 0.2) is 0 Å². The Morgan fingerprint density at radius 2 is 1.44 bits per heavy atom. The number of hydrogen-bond donors (Lipinski definition) is 2. The number of carbonyl (C=O) groups excluding carboxylic acids is 1. The highest BCUT2D eigenvalue weighted by molar-refractivity contribution is 5.72. The molecule has 3 atom stereocenters. The standard InChI is InChI=1S/C27H48F2N2O3/c1-2-3-4-5-6-7-8-9-16-33-23-18-30-26(31-19-23)20-10-13-22(14-11-20)34-27(32)21-12-15-24(28)25(29)17-21/h20-26,30-31H,2-19H2,1H3. The van der Waals surface area contributed by atoms with E-state index in [-0.39, 0.29) is 37.2 Å². The molecule has 2 N–H and O–H groups in total. The third-order valence-corrected chi connectivity index (χ3v) is 7.98. The number of unbranched alkanes of at least 4 members (excludes halogenated alkanes) is 7. The molecule has 0 aromatic heterocycles. The number of esters is 1. The molecule has 198 valence electrons. The summed E-state index contributed by atoms with van der Waals surface area (Å²) in [4.78, 5) is 12.4. The molecule has 3 unspecified atom stereocenters. The van der Waals surface area contributed by atoms with E-state index in [2.05, 4.69) is 17.6 Å². The molecule has 0 bridgehead atoms. The van der Waals surface area contributed by atoms with Gasteiger partial charge >= 0.3 is 5.97 Å². The van der Waals surface area contributed by atoms with Gasteiger partial charge < -0.3 is 9.47 Å². The monoisotopic (exact) mass is 486 g/mol. The van der Waals surface area contributed by atoms with Crippen LogP contribution in [0, 0.1) is 11.8 Å². The fourth-order valence-electron chi connectivity index (χ4n) is 5.69. The Morgan fingerprint density at radius 1 is 0.794 bits per heavy atom. The van der Waals surface area contributed by atoms with Crippen LogP contribution in [0.1, 0.15) is 103 Å². The third-order valence-electron chi connectivity index (χ3n) is 7.98. The minimum absolute atomic E-state index is 0.0342. The lowest BCUT2D eigenvalue weighted by molar-refractivity contribution is -0.158. The second-order valence-electron chi connectivity index (χ2n) is 10.8. The first-order chi connectivity index (χ1) is 16.6. The van der Waals surface area contributed by atoms with Crippen LogP contribution >= 0.6 is 0 Å². The lowest BCUT2D eigenvalue weighted by atomic mass is 9.84. The van der Waals surface area contributed by atoms with Gasteiger partial charge in [0.05, 0.1) is 18.2 Å². The minimum Gasteiger partial charge on any atom is -0.462 e. The third kappa shape index (κ3) is 9.34. The van der Waals surface area contributed by atoms with Crippen molar-refractivity contribution in [2.75, 3.05) is 19.7 Å². The van der Waals surface area contributed by atoms with Gasteiger partial charge in [-0.2, -0.15) is 0 Å². The van der Waals surface area contributed by atoms with E-state index in [1.165, 1.54) is 44.9 Å². The quantitative estimate of drug-likeness (QED) is 0.262. The van der Waals surface area contributed by atoms with Crippen molar-refractivity contribution in [2.24, 2.45) is 11.8 Å². The summed E-state index contributed by atoms with van der Waals surface area (Å²) in [5.41, 5.74) is 0. The summed E-state index contributed by atoms with van der Waals surface area (Å²) < 4.78 is 38.7. The molecular weight excluding hydrogens is 438 g/mol. The topological polar surface area (TPSA) is 59.6 Å². The Balaban J connectivity index is 1.21. The molecule has 1 aliphatic heterocycles. The van der Waals surface area contributed by atoms with Gasteiger partial charge in [0.1, 0.15) is 18.4 Å². The molecule has 2 aliphatic carbocycles. The lowest BCUT2D eigenvalue weighted by Crippen LogP contribution is -2.59. The van der Waals surface area contributed by atoms with Gasteiger partial charge in [-0.25, -0.2) is 8.78 Å². The van der Waals surface area contributed by atoms with Gasteiger partial charge in [-0.15, -0.1) is 0 Å². The van der Waals surface area contributed by atoms with Crippen LogP contribution in [0.25, 0.3) is 0 Å². The molecule has 3 rings (SSSR count). The van der Waals surface area contributed by atoms with Crippen LogP contribution in [0.5, 0.6) is 0 Å². The van der Waals surface area contributed by atoms with Crippen molar-refractivity contribution in [3.05, 3.63) is 0 Å². The lowest BCUT2D eigenvalue weighted by Gasteiger charge is -2.39. The van der Waals surface area contributed by atoms with Crippen LogP contribution < -0.4 is 10.6 Å². The molecule has 0 radical (unpaired) electrons. The molecule has 3 fully saturated rings. The SMILES string of the molecule is CCCCCCCCCCOC1CNC(C2CCC(OC(=O)C3CCC(F)C(F)C3)CC2)NC1. The highest BCUT2D eigenvalue weighted by Gasteiger charge is 2.37. The molecular formula is C27H48F2N2O3. The van der Waals surface area contributed by atoms with E-state index in [0.29, 0.717) is 12.3 Å². The fourth-order valence-corrected chi connectivity index (χ4v) is 5.69. The first-order valence-electron chi connectivity index (χ1n) is 14.1. The number of ether oxygens (including phenoxy) is 2. The second kappa shape index (κ2) is 15.4. The normalized spacial score (nSPS) is 34.6. The average molecular weight is 487 g/mol. The number of alkyl halides is 2. The summed E-state index contributed by atoms with van der Waals surface area (Å²) in [6, 6.07) is 0.